The van der Waals surface area contributed by atoms with Gasteiger partial charge >= 0.3 is 0 Å². The Kier molecular flexibility index (Phi) is 5.20. The highest BCUT2D eigenvalue weighted by molar-refractivity contribution is 5.70. The highest BCUT2D eigenvalue weighted by atomic mass is 16.5. The van der Waals surface area contributed by atoms with Crippen LogP contribution in [0.5, 0.6) is 5.88 Å². The van der Waals surface area contributed by atoms with Crippen LogP contribution in [0, 0.1) is 5.92 Å². The predicted octanol–water partition coefficient (Wildman–Crippen LogP) is 2.21. The first-order valence-electron chi connectivity index (χ1n) is 10.4. The van der Waals surface area contributed by atoms with Crippen molar-refractivity contribution in [2.45, 2.75) is 25.8 Å². The summed E-state index contributed by atoms with van der Waals surface area (Å²) in [4.78, 5) is 18.5. The summed E-state index contributed by atoms with van der Waals surface area (Å²) >= 11 is 0. The van der Waals surface area contributed by atoms with Gasteiger partial charge in [0.15, 0.2) is 0 Å². The number of aromatic nitrogens is 3. The third-order valence-electron chi connectivity index (χ3n) is 5.82. The van der Waals surface area contributed by atoms with Crippen molar-refractivity contribution in [1.29, 1.82) is 0 Å². The van der Waals surface area contributed by atoms with Gasteiger partial charge in [0.25, 0.3) is 0 Å². The van der Waals surface area contributed by atoms with Crippen LogP contribution in [-0.4, -0.2) is 67.1 Å². The topological polar surface area (TPSA) is 72.8 Å². The van der Waals surface area contributed by atoms with Gasteiger partial charge in [-0.1, -0.05) is 0 Å². The van der Waals surface area contributed by atoms with Crippen LogP contribution in [0.15, 0.2) is 24.5 Å². The molecule has 2 aromatic heterocycles. The largest absolute Gasteiger partial charge is 0.477 e. The second-order valence-electron chi connectivity index (χ2n) is 7.90. The molecule has 5 heterocycles. The summed E-state index contributed by atoms with van der Waals surface area (Å²) in [5.41, 5.74) is 2.18. The predicted molar refractivity (Wildman–Crippen MR) is 109 cm³/mol. The zero-order chi connectivity index (χ0) is 19.6. The monoisotopic (exact) mass is 397 g/mol. The highest BCUT2D eigenvalue weighted by Crippen LogP contribution is 2.41. The van der Waals surface area contributed by atoms with Gasteiger partial charge < -0.3 is 24.0 Å². The molecule has 0 amide bonds. The fraction of sp³-hybridized carbons (Fsp3) is 0.571. The molecule has 3 aliphatic rings. The molecule has 5 rings (SSSR count). The molecule has 2 fully saturated rings. The summed E-state index contributed by atoms with van der Waals surface area (Å²) < 4.78 is 17.3. The fourth-order valence-electron chi connectivity index (χ4n) is 4.23. The number of ether oxygens (including phenoxy) is 3. The normalized spacial score (nSPS) is 24.0. The standard InChI is InChI=1S/C21H27N5O3/c1-15-12-18-19(26(15)17-2-5-22-6-3-17)23-21(25-7-10-27-11-8-25)24-20(18)29-14-16-4-9-28-13-16/h2-3,5-6,15-16H,4,7-14H2,1H3. The number of hydrogen-bond acceptors (Lipinski definition) is 8. The number of fused-ring (bicyclic) bond motifs is 1. The number of morpholine rings is 1. The van der Waals surface area contributed by atoms with Gasteiger partial charge in [-0.05, 0) is 25.5 Å². The molecule has 8 heteroatoms. The molecular formula is C21H27N5O3. The summed E-state index contributed by atoms with van der Waals surface area (Å²) in [7, 11) is 0. The second kappa shape index (κ2) is 8.12. The van der Waals surface area contributed by atoms with Crippen LogP contribution in [0.1, 0.15) is 18.9 Å². The number of rotatable bonds is 5. The molecule has 0 aliphatic carbocycles. The minimum atomic E-state index is 0.277. The van der Waals surface area contributed by atoms with Gasteiger partial charge in [-0.15, -0.1) is 0 Å². The SMILES string of the molecule is CC1Cc2c(OCC3CCOC3)nc(N3CCOCC3)nc2N1c1ccncc1. The van der Waals surface area contributed by atoms with E-state index in [4.69, 9.17) is 24.2 Å². The third-order valence-corrected chi connectivity index (χ3v) is 5.82. The van der Waals surface area contributed by atoms with Crippen LogP contribution in [0.25, 0.3) is 0 Å². The number of nitrogens with zero attached hydrogens (tertiary/aromatic N) is 5. The smallest absolute Gasteiger partial charge is 0.230 e. The lowest BCUT2D eigenvalue weighted by atomic mass is 10.1. The molecule has 2 saturated heterocycles. The van der Waals surface area contributed by atoms with Crippen molar-refractivity contribution in [3.8, 4) is 5.88 Å². The Morgan fingerprint density at radius 3 is 2.69 bits per heavy atom. The lowest BCUT2D eigenvalue weighted by Gasteiger charge is -2.29. The van der Waals surface area contributed by atoms with Crippen molar-refractivity contribution in [2.75, 3.05) is 55.9 Å². The summed E-state index contributed by atoms with van der Waals surface area (Å²) in [6.07, 6.45) is 5.55. The second-order valence-corrected chi connectivity index (χ2v) is 7.90. The highest BCUT2D eigenvalue weighted by Gasteiger charge is 2.34. The first kappa shape index (κ1) is 18.6. The van der Waals surface area contributed by atoms with E-state index in [1.54, 1.807) is 0 Å². The molecule has 154 valence electrons. The van der Waals surface area contributed by atoms with Crippen molar-refractivity contribution in [3.05, 3.63) is 30.1 Å². The third kappa shape index (κ3) is 3.74. The van der Waals surface area contributed by atoms with Crippen LogP contribution < -0.4 is 14.5 Å². The van der Waals surface area contributed by atoms with Gasteiger partial charge in [0, 0.05) is 56.2 Å². The molecular weight excluding hydrogens is 370 g/mol. The van der Waals surface area contributed by atoms with Crippen LogP contribution in [-0.2, 0) is 15.9 Å². The minimum absolute atomic E-state index is 0.277. The number of anilines is 3. The van der Waals surface area contributed by atoms with Crippen LogP contribution in [0.3, 0.4) is 0 Å². The summed E-state index contributed by atoms with van der Waals surface area (Å²) in [5.74, 6) is 2.81. The molecule has 0 bridgehead atoms. The fourth-order valence-corrected chi connectivity index (χ4v) is 4.23. The minimum Gasteiger partial charge on any atom is -0.477 e. The average Bonchev–Trinajstić information content (AvgIpc) is 3.40. The van der Waals surface area contributed by atoms with Gasteiger partial charge in [0.1, 0.15) is 5.82 Å². The van der Waals surface area contributed by atoms with E-state index in [9.17, 15) is 0 Å². The van der Waals surface area contributed by atoms with Crippen LogP contribution >= 0.6 is 0 Å². The average molecular weight is 397 g/mol. The lowest BCUT2D eigenvalue weighted by Crippen LogP contribution is -2.37. The van der Waals surface area contributed by atoms with Crippen LogP contribution in [0.2, 0.25) is 0 Å². The van der Waals surface area contributed by atoms with E-state index in [-0.39, 0.29) is 6.04 Å². The van der Waals surface area contributed by atoms with E-state index in [0.29, 0.717) is 31.6 Å². The molecule has 29 heavy (non-hydrogen) atoms. The molecule has 2 aromatic rings. The van der Waals surface area contributed by atoms with E-state index in [2.05, 4.69) is 21.7 Å². The maximum Gasteiger partial charge on any atom is 0.230 e. The van der Waals surface area contributed by atoms with Gasteiger partial charge in [-0.3, -0.25) is 4.98 Å². The van der Waals surface area contributed by atoms with Crippen molar-refractivity contribution in [1.82, 2.24) is 15.0 Å². The van der Waals surface area contributed by atoms with Gasteiger partial charge in [-0.2, -0.15) is 9.97 Å². The summed E-state index contributed by atoms with van der Waals surface area (Å²) in [5, 5.41) is 0. The zero-order valence-electron chi connectivity index (χ0n) is 16.8. The van der Waals surface area contributed by atoms with Crippen LogP contribution in [0.4, 0.5) is 17.5 Å². The Morgan fingerprint density at radius 1 is 1.10 bits per heavy atom. The quantitative estimate of drug-likeness (QED) is 0.760. The summed E-state index contributed by atoms with van der Waals surface area (Å²) in [6, 6.07) is 4.33. The van der Waals surface area contributed by atoms with E-state index >= 15 is 0 Å². The van der Waals surface area contributed by atoms with Crippen molar-refractivity contribution in [2.24, 2.45) is 5.92 Å². The molecule has 0 spiro atoms. The molecule has 2 unspecified atom stereocenters. The van der Waals surface area contributed by atoms with Crippen molar-refractivity contribution in [3.63, 3.8) is 0 Å². The molecule has 0 N–H and O–H groups in total. The van der Waals surface area contributed by atoms with Gasteiger partial charge in [0.05, 0.1) is 32.0 Å². The Morgan fingerprint density at radius 2 is 1.93 bits per heavy atom. The van der Waals surface area contributed by atoms with E-state index in [0.717, 1.165) is 62.2 Å². The zero-order valence-corrected chi connectivity index (χ0v) is 16.8. The Labute approximate surface area is 170 Å². The maximum atomic E-state index is 6.27. The number of pyridine rings is 1. The molecule has 0 aromatic carbocycles. The molecule has 0 saturated carbocycles. The van der Waals surface area contributed by atoms with Crippen molar-refractivity contribution < 1.29 is 14.2 Å². The molecule has 0 radical (unpaired) electrons. The van der Waals surface area contributed by atoms with E-state index in [1.165, 1.54) is 0 Å². The van der Waals surface area contributed by atoms with E-state index < -0.39 is 0 Å². The Balaban J connectivity index is 1.51. The number of hydrogen-bond donors (Lipinski definition) is 0. The van der Waals surface area contributed by atoms with Gasteiger partial charge in [-0.25, -0.2) is 0 Å². The Hall–Kier alpha value is -2.45. The first-order valence-corrected chi connectivity index (χ1v) is 10.4. The molecule has 3 aliphatic heterocycles. The molecule has 2 atom stereocenters. The molecule has 8 nitrogen and oxygen atoms in total. The van der Waals surface area contributed by atoms with Crippen molar-refractivity contribution >= 4 is 17.5 Å². The van der Waals surface area contributed by atoms with E-state index in [1.807, 2.05) is 24.5 Å². The Bertz CT molecular complexity index is 838. The maximum absolute atomic E-state index is 6.27. The first-order chi connectivity index (χ1) is 14.3. The summed E-state index contributed by atoms with van der Waals surface area (Å²) in [6.45, 7) is 7.41. The van der Waals surface area contributed by atoms with Gasteiger partial charge in [0.2, 0.25) is 11.8 Å². The lowest BCUT2D eigenvalue weighted by molar-refractivity contribution is 0.122.